The first-order valence-corrected chi connectivity index (χ1v) is 19.9. The molecule has 7 rings (SSSR count). The first-order chi connectivity index (χ1) is 25.3. The molecule has 1 aliphatic carbocycles. The van der Waals surface area contributed by atoms with Crippen LogP contribution in [0.3, 0.4) is 0 Å². The largest absolute Gasteiger partial charge is 0.512 e. The van der Waals surface area contributed by atoms with Crippen LogP contribution in [0.2, 0.25) is 0 Å². The van der Waals surface area contributed by atoms with Gasteiger partial charge in [-0.15, -0.1) is 34.9 Å². The number of aromatic nitrogens is 2. The SMILES string of the molecule is CC(C)Cc1nccc2c1CCc1sc3ccnc(-c4[c-]c5ccccc5c(-c5ccccc5)c4)c3c1-2.CCC(CC)C(=O)/C=C(\O)C(CC)CC.[Ir]. The molecule has 1 radical (unpaired) electrons. The topological polar surface area (TPSA) is 63.1 Å². The van der Waals surface area contributed by atoms with Crippen LogP contribution in [0.5, 0.6) is 0 Å². The fourth-order valence-corrected chi connectivity index (χ4v) is 8.82. The fraction of sp³-hybridized carbons (Fsp3) is 0.340. The van der Waals surface area contributed by atoms with Crippen LogP contribution < -0.4 is 0 Å². The summed E-state index contributed by atoms with van der Waals surface area (Å²) in [5.41, 5.74) is 9.88. The molecule has 0 saturated heterocycles. The van der Waals surface area contributed by atoms with Gasteiger partial charge in [-0.05, 0) is 90.6 Å². The Morgan fingerprint density at radius 2 is 1.53 bits per heavy atom. The average Bonchev–Trinajstić information content (AvgIpc) is 3.55. The molecule has 0 bridgehead atoms. The van der Waals surface area contributed by atoms with Crippen molar-refractivity contribution in [3.8, 4) is 33.5 Å². The number of carbonyl (C=O) groups excluding carboxylic acids is 1. The Kier molecular flexibility index (Phi) is 14.0. The van der Waals surface area contributed by atoms with E-state index in [1.165, 1.54) is 59.9 Å². The number of ketones is 1. The van der Waals surface area contributed by atoms with Crippen molar-refractivity contribution in [1.82, 2.24) is 9.97 Å². The third-order valence-electron chi connectivity index (χ3n) is 10.5. The summed E-state index contributed by atoms with van der Waals surface area (Å²) in [6.07, 6.45) is 12.0. The van der Waals surface area contributed by atoms with E-state index in [4.69, 9.17) is 9.97 Å². The van der Waals surface area contributed by atoms with Crippen LogP contribution in [-0.2, 0) is 44.2 Å². The van der Waals surface area contributed by atoms with Gasteiger partial charge in [-0.2, -0.15) is 0 Å². The maximum Gasteiger partial charge on any atom is 0.162 e. The summed E-state index contributed by atoms with van der Waals surface area (Å²) in [6, 6.07) is 29.6. The molecule has 0 atom stereocenters. The number of hydrogen-bond acceptors (Lipinski definition) is 5. The molecule has 0 spiro atoms. The van der Waals surface area contributed by atoms with Crippen molar-refractivity contribution in [3.63, 3.8) is 0 Å². The van der Waals surface area contributed by atoms with Crippen LogP contribution in [-0.4, -0.2) is 20.9 Å². The zero-order chi connectivity index (χ0) is 36.8. The van der Waals surface area contributed by atoms with E-state index in [1.807, 2.05) is 51.4 Å². The van der Waals surface area contributed by atoms with E-state index in [1.54, 1.807) is 0 Å². The summed E-state index contributed by atoms with van der Waals surface area (Å²) in [5, 5.41) is 13.4. The van der Waals surface area contributed by atoms with E-state index in [9.17, 15) is 9.90 Å². The number of pyridine rings is 2. The summed E-state index contributed by atoms with van der Waals surface area (Å²) in [5.74, 6) is 1.13. The Labute approximate surface area is 333 Å². The van der Waals surface area contributed by atoms with E-state index in [-0.39, 0.29) is 43.5 Å². The van der Waals surface area contributed by atoms with Crippen molar-refractivity contribution in [2.45, 2.75) is 86.5 Å². The zero-order valence-electron chi connectivity index (χ0n) is 31.8. The number of aliphatic hydroxyl groups excluding tert-OH is 1. The normalized spacial score (nSPS) is 12.4. The molecule has 3 heterocycles. The quantitative estimate of drug-likeness (QED) is 0.0799. The number of carbonyl (C=O) groups is 1. The molecule has 4 nitrogen and oxygen atoms in total. The maximum atomic E-state index is 11.7. The van der Waals surface area contributed by atoms with E-state index < -0.39 is 0 Å². The monoisotopic (exact) mass is 900 g/mol. The van der Waals surface area contributed by atoms with Gasteiger partial charge in [0, 0.05) is 71.4 Å². The van der Waals surface area contributed by atoms with Crippen molar-refractivity contribution < 1.29 is 30.0 Å². The van der Waals surface area contributed by atoms with Crippen molar-refractivity contribution in [3.05, 3.63) is 119 Å². The second-order valence-electron chi connectivity index (χ2n) is 14.3. The predicted molar refractivity (Wildman–Crippen MR) is 220 cm³/mol. The number of aryl methyl sites for hydroxylation is 1. The number of benzene rings is 3. The third-order valence-corrected chi connectivity index (χ3v) is 11.7. The van der Waals surface area contributed by atoms with Gasteiger partial charge >= 0.3 is 0 Å². The smallest absolute Gasteiger partial charge is 0.162 e. The Morgan fingerprint density at radius 3 is 2.23 bits per heavy atom. The number of allylic oxidation sites excluding steroid dienone is 2. The Bertz CT molecular complexity index is 2200. The van der Waals surface area contributed by atoms with Gasteiger partial charge in [-0.1, -0.05) is 107 Å². The maximum absolute atomic E-state index is 11.7. The second kappa shape index (κ2) is 18.4. The van der Waals surface area contributed by atoms with Crippen LogP contribution in [0.4, 0.5) is 0 Å². The minimum absolute atomic E-state index is 0. The van der Waals surface area contributed by atoms with Crippen LogP contribution in [0.25, 0.3) is 54.4 Å². The summed E-state index contributed by atoms with van der Waals surface area (Å²) in [7, 11) is 0. The van der Waals surface area contributed by atoms with Gasteiger partial charge in [0.05, 0.1) is 5.76 Å². The Hall–Kier alpha value is -3.96. The molecule has 0 amide bonds. The van der Waals surface area contributed by atoms with Crippen molar-refractivity contribution in [2.75, 3.05) is 0 Å². The predicted octanol–water partition coefficient (Wildman–Crippen LogP) is 12.8. The van der Waals surface area contributed by atoms with Crippen LogP contribution in [0.15, 0.2) is 97.0 Å². The molecule has 0 aliphatic heterocycles. The summed E-state index contributed by atoms with van der Waals surface area (Å²) in [6.45, 7) is 12.6. The molecule has 53 heavy (non-hydrogen) atoms. The minimum Gasteiger partial charge on any atom is -0.512 e. The molecule has 0 fully saturated rings. The van der Waals surface area contributed by atoms with Gasteiger partial charge in [0.25, 0.3) is 0 Å². The molecular weight excluding hydrogens is 849 g/mol. The summed E-state index contributed by atoms with van der Waals surface area (Å²) in [4.78, 5) is 23.0. The molecule has 1 N–H and O–H groups in total. The molecule has 3 aromatic heterocycles. The van der Waals surface area contributed by atoms with Crippen molar-refractivity contribution >= 4 is 38.0 Å². The van der Waals surface area contributed by atoms with Crippen molar-refractivity contribution in [2.24, 2.45) is 17.8 Å². The standard InChI is InChI=1S/C34H27N2S.C13H24O2.Ir/c1-21(2)18-29-26-12-13-30-32(27(26)14-16-35-29)33-31(37-30)15-17-36-34(33)24-19-23-10-6-7-11-25(23)28(20-24)22-8-4-3-5-9-22;1-5-10(6-2)12(14)9-13(15)11(7-3)8-4;/h3-11,14-17,20-21H,12-13,18H2,1-2H3;9-11,14H,5-8H2,1-4H3;/q-1;;/b;12-9-;. The van der Waals surface area contributed by atoms with Crippen LogP contribution in [0.1, 0.15) is 83.4 Å². The van der Waals surface area contributed by atoms with E-state index in [2.05, 4.69) is 92.7 Å². The molecule has 6 heteroatoms. The number of rotatable bonds is 11. The number of hydrogen-bond donors (Lipinski definition) is 1. The van der Waals surface area contributed by atoms with E-state index >= 15 is 0 Å². The molecule has 0 saturated carbocycles. The molecule has 3 aromatic carbocycles. The van der Waals surface area contributed by atoms with Gasteiger partial charge in [0.1, 0.15) is 0 Å². The zero-order valence-corrected chi connectivity index (χ0v) is 35.0. The van der Waals surface area contributed by atoms with E-state index in [0.717, 1.165) is 61.6 Å². The van der Waals surface area contributed by atoms with Gasteiger partial charge in [0.15, 0.2) is 5.78 Å². The number of nitrogens with zero attached hydrogens (tertiary/aromatic N) is 2. The Morgan fingerprint density at radius 1 is 0.849 bits per heavy atom. The average molecular weight is 900 g/mol. The van der Waals surface area contributed by atoms with E-state index in [0.29, 0.717) is 5.92 Å². The van der Waals surface area contributed by atoms with Gasteiger partial charge < -0.3 is 5.11 Å². The molecule has 0 unspecified atom stereocenters. The molecular formula is C47H51IrN2O2S-. The summed E-state index contributed by atoms with van der Waals surface area (Å²) >= 11 is 1.92. The van der Waals surface area contributed by atoms with Gasteiger partial charge in [-0.25, -0.2) is 0 Å². The van der Waals surface area contributed by atoms with Gasteiger partial charge in [-0.3, -0.25) is 14.8 Å². The summed E-state index contributed by atoms with van der Waals surface area (Å²) < 4.78 is 1.30. The molecule has 6 aromatic rings. The van der Waals surface area contributed by atoms with Crippen LogP contribution >= 0.6 is 11.3 Å². The Balaban J connectivity index is 0.000000290. The van der Waals surface area contributed by atoms with Gasteiger partial charge in [0.2, 0.25) is 0 Å². The number of thiophene rings is 1. The minimum atomic E-state index is 0. The molecule has 277 valence electrons. The third kappa shape index (κ3) is 8.72. The first-order valence-electron chi connectivity index (χ1n) is 19.1. The first kappa shape index (κ1) is 40.2. The number of fused-ring (bicyclic) bond motifs is 6. The number of aliphatic hydroxyl groups is 1. The van der Waals surface area contributed by atoms with Crippen molar-refractivity contribution in [1.29, 1.82) is 0 Å². The van der Waals surface area contributed by atoms with Crippen LogP contribution in [0, 0.1) is 23.8 Å². The fourth-order valence-electron chi connectivity index (χ4n) is 7.60. The second-order valence-corrected chi connectivity index (χ2v) is 15.5. The molecule has 1 aliphatic rings.